The smallest absolute Gasteiger partial charge is 0.269 e. The predicted octanol–water partition coefficient (Wildman–Crippen LogP) is 4.72. The predicted molar refractivity (Wildman–Crippen MR) is 99.8 cm³/mol. The zero-order valence-corrected chi connectivity index (χ0v) is 15.0. The quantitative estimate of drug-likeness (QED) is 0.774. The van der Waals surface area contributed by atoms with E-state index in [1.54, 1.807) is 12.3 Å². The monoisotopic (exact) mass is 325 g/mol. The minimum absolute atomic E-state index is 0.121. The van der Waals surface area contributed by atoms with Gasteiger partial charge in [0.05, 0.1) is 11.9 Å². The van der Waals surface area contributed by atoms with Crippen molar-refractivity contribution >= 4 is 17.3 Å². The Morgan fingerprint density at radius 1 is 1.08 bits per heavy atom. The van der Waals surface area contributed by atoms with Crippen molar-refractivity contribution in [1.29, 1.82) is 0 Å². The Labute approximate surface area is 144 Å². The molecule has 1 heterocycles. The van der Waals surface area contributed by atoms with Crippen LogP contribution in [0.1, 0.15) is 56.1 Å². The first-order chi connectivity index (χ1) is 11.5. The number of rotatable bonds is 7. The fourth-order valence-corrected chi connectivity index (χ4v) is 2.44. The lowest BCUT2D eigenvalue weighted by Gasteiger charge is -2.14. The largest absolute Gasteiger partial charge is 0.354 e. The molecule has 4 nitrogen and oxygen atoms in total. The second-order valence-corrected chi connectivity index (χ2v) is 6.74. The third-order valence-corrected chi connectivity index (χ3v) is 3.87. The van der Waals surface area contributed by atoms with Crippen LogP contribution in [0.4, 0.5) is 11.4 Å². The molecule has 0 saturated carbocycles. The Morgan fingerprint density at radius 2 is 1.83 bits per heavy atom. The van der Waals surface area contributed by atoms with Gasteiger partial charge in [-0.25, -0.2) is 4.98 Å². The van der Waals surface area contributed by atoms with E-state index in [1.165, 1.54) is 5.56 Å². The summed E-state index contributed by atoms with van der Waals surface area (Å²) < 4.78 is 0. The lowest BCUT2D eigenvalue weighted by molar-refractivity contribution is 0.0947. The second kappa shape index (κ2) is 8.48. The lowest BCUT2D eigenvalue weighted by Crippen LogP contribution is -2.26. The Hall–Kier alpha value is -2.36. The number of nitrogens with zero attached hydrogens (tertiary/aromatic N) is 1. The summed E-state index contributed by atoms with van der Waals surface area (Å²) in [5.74, 6) is 0.892. The van der Waals surface area contributed by atoms with Crippen LogP contribution >= 0.6 is 0 Å². The van der Waals surface area contributed by atoms with Crippen LogP contribution in [0.5, 0.6) is 0 Å². The van der Waals surface area contributed by atoms with E-state index in [2.05, 4.69) is 55.4 Å². The Kier molecular flexibility index (Phi) is 6.36. The van der Waals surface area contributed by atoms with E-state index in [1.807, 2.05) is 18.2 Å². The van der Waals surface area contributed by atoms with Crippen LogP contribution in [0.3, 0.4) is 0 Å². The molecule has 0 radical (unpaired) electrons. The highest BCUT2D eigenvalue weighted by Gasteiger charge is 2.09. The van der Waals surface area contributed by atoms with Crippen molar-refractivity contribution in [2.24, 2.45) is 5.92 Å². The highest BCUT2D eigenvalue weighted by molar-refractivity contribution is 5.92. The van der Waals surface area contributed by atoms with Gasteiger partial charge in [0.25, 0.3) is 5.91 Å². The number of anilines is 2. The molecule has 0 aliphatic rings. The van der Waals surface area contributed by atoms with Gasteiger partial charge in [0.15, 0.2) is 0 Å². The van der Waals surface area contributed by atoms with E-state index >= 15 is 0 Å². The van der Waals surface area contributed by atoms with Gasteiger partial charge in [-0.05, 0) is 42.0 Å². The summed E-state index contributed by atoms with van der Waals surface area (Å²) in [5.41, 5.74) is 3.65. The summed E-state index contributed by atoms with van der Waals surface area (Å²) in [6, 6.07) is 11.9. The summed E-state index contributed by atoms with van der Waals surface area (Å²) in [6.45, 7) is 9.30. The van der Waals surface area contributed by atoms with Gasteiger partial charge in [-0.1, -0.05) is 45.9 Å². The molecule has 0 aliphatic heterocycles. The molecule has 0 spiro atoms. The summed E-state index contributed by atoms with van der Waals surface area (Å²) in [4.78, 5) is 16.3. The standard InChI is InChI=1S/C20H27N3O/c1-14(2)11-12-21-20(24)19-10-9-16(13-22-19)23-18-8-6-5-7-17(18)15(3)4/h5-10,13-15,23H,11-12H2,1-4H3,(H,21,24). The van der Waals surface area contributed by atoms with E-state index in [0.717, 1.165) is 17.8 Å². The molecule has 0 aliphatic carbocycles. The van der Waals surface area contributed by atoms with Gasteiger partial charge in [-0.15, -0.1) is 0 Å². The maximum absolute atomic E-state index is 12.0. The number of para-hydroxylation sites is 1. The van der Waals surface area contributed by atoms with Gasteiger partial charge in [-0.3, -0.25) is 4.79 Å². The number of nitrogens with one attached hydrogen (secondary N) is 2. The molecule has 2 aromatic rings. The molecule has 128 valence electrons. The molecule has 0 bridgehead atoms. The minimum Gasteiger partial charge on any atom is -0.354 e. The van der Waals surface area contributed by atoms with E-state index in [0.29, 0.717) is 24.1 Å². The number of carbonyl (C=O) groups is 1. The number of amides is 1. The Balaban J connectivity index is 2.01. The fraction of sp³-hybridized carbons (Fsp3) is 0.400. The molecule has 2 N–H and O–H groups in total. The maximum atomic E-state index is 12.0. The molecular weight excluding hydrogens is 298 g/mol. The second-order valence-electron chi connectivity index (χ2n) is 6.74. The third-order valence-electron chi connectivity index (χ3n) is 3.87. The first-order valence-electron chi connectivity index (χ1n) is 8.57. The first-order valence-corrected chi connectivity index (χ1v) is 8.57. The van der Waals surface area contributed by atoms with Crippen LogP contribution in [0.2, 0.25) is 0 Å². The van der Waals surface area contributed by atoms with Crippen molar-refractivity contribution in [2.45, 2.75) is 40.0 Å². The van der Waals surface area contributed by atoms with Crippen molar-refractivity contribution in [1.82, 2.24) is 10.3 Å². The van der Waals surface area contributed by atoms with Gasteiger partial charge < -0.3 is 10.6 Å². The molecule has 1 aromatic carbocycles. The van der Waals surface area contributed by atoms with Gasteiger partial charge in [-0.2, -0.15) is 0 Å². The van der Waals surface area contributed by atoms with Crippen LogP contribution in [-0.4, -0.2) is 17.4 Å². The molecule has 2 rings (SSSR count). The van der Waals surface area contributed by atoms with E-state index in [-0.39, 0.29) is 5.91 Å². The highest BCUT2D eigenvalue weighted by Crippen LogP contribution is 2.26. The molecule has 0 saturated heterocycles. The molecule has 1 amide bonds. The van der Waals surface area contributed by atoms with Crippen LogP contribution in [0, 0.1) is 5.92 Å². The molecule has 0 unspecified atom stereocenters. The Bertz CT molecular complexity index is 663. The number of carbonyl (C=O) groups excluding carboxylic acids is 1. The van der Waals surface area contributed by atoms with E-state index in [9.17, 15) is 4.79 Å². The number of pyridine rings is 1. The van der Waals surface area contributed by atoms with Gasteiger partial charge >= 0.3 is 0 Å². The van der Waals surface area contributed by atoms with E-state index in [4.69, 9.17) is 0 Å². The van der Waals surface area contributed by atoms with Crippen LogP contribution < -0.4 is 10.6 Å². The summed E-state index contributed by atoms with van der Waals surface area (Å²) in [5, 5.41) is 6.29. The average molecular weight is 325 g/mol. The van der Waals surface area contributed by atoms with Crippen molar-refractivity contribution in [2.75, 3.05) is 11.9 Å². The number of aromatic nitrogens is 1. The molecule has 1 aromatic heterocycles. The molecule has 0 atom stereocenters. The lowest BCUT2D eigenvalue weighted by atomic mass is 10.0. The zero-order chi connectivity index (χ0) is 17.5. The molecule has 4 heteroatoms. The summed E-state index contributed by atoms with van der Waals surface area (Å²) in [7, 11) is 0. The van der Waals surface area contributed by atoms with Gasteiger partial charge in [0.2, 0.25) is 0 Å². The first kappa shape index (κ1) is 18.0. The minimum atomic E-state index is -0.121. The van der Waals surface area contributed by atoms with E-state index < -0.39 is 0 Å². The zero-order valence-electron chi connectivity index (χ0n) is 15.0. The molecular formula is C20H27N3O. The van der Waals surface area contributed by atoms with Crippen LogP contribution in [-0.2, 0) is 0 Å². The Morgan fingerprint density at radius 3 is 2.46 bits per heavy atom. The van der Waals surface area contributed by atoms with Crippen molar-refractivity contribution in [3.05, 3.63) is 53.9 Å². The number of benzene rings is 1. The fourth-order valence-electron chi connectivity index (χ4n) is 2.44. The maximum Gasteiger partial charge on any atom is 0.269 e. The topological polar surface area (TPSA) is 54.0 Å². The molecule has 24 heavy (non-hydrogen) atoms. The van der Waals surface area contributed by atoms with Crippen LogP contribution in [0.25, 0.3) is 0 Å². The number of hydrogen-bond acceptors (Lipinski definition) is 3. The van der Waals surface area contributed by atoms with Crippen molar-refractivity contribution < 1.29 is 4.79 Å². The van der Waals surface area contributed by atoms with Crippen LogP contribution in [0.15, 0.2) is 42.6 Å². The van der Waals surface area contributed by atoms with Gasteiger partial charge in [0, 0.05) is 12.2 Å². The number of hydrogen-bond donors (Lipinski definition) is 2. The average Bonchev–Trinajstić information content (AvgIpc) is 2.55. The SMILES string of the molecule is CC(C)CCNC(=O)c1ccc(Nc2ccccc2C(C)C)cn1. The molecule has 0 fully saturated rings. The summed E-state index contributed by atoms with van der Waals surface area (Å²) >= 11 is 0. The van der Waals surface area contributed by atoms with Crippen molar-refractivity contribution in [3.63, 3.8) is 0 Å². The third kappa shape index (κ3) is 5.08. The summed E-state index contributed by atoms with van der Waals surface area (Å²) in [6.07, 6.45) is 2.67. The highest BCUT2D eigenvalue weighted by atomic mass is 16.1. The van der Waals surface area contributed by atoms with Gasteiger partial charge in [0.1, 0.15) is 5.69 Å². The van der Waals surface area contributed by atoms with Crippen molar-refractivity contribution in [3.8, 4) is 0 Å². The normalized spacial score (nSPS) is 10.9.